The number of nitrogens with zero attached hydrogens (tertiary/aromatic N) is 5. The lowest BCUT2D eigenvalue weighted by Gasteiger charge is -2.10. The first-order chi connectivity index (χ1) is 15.6. The highest BCUT2D eigenvalue weighted by Gasteiger charge is 2.13. The van der Waals surface area contributed by atoms with Crippen LogP contribution >= 0.6 is 0 Å². The van der Waals surface area contributed by atoms with Crippen molar-refractivity contribution in [1.82, 2.24) is 19.2 Å². The summed E-state index contributed by atoms with van der Waals surface area (Å²) in [6.45, 7) is 4.08. The monoisotopic (exact) mass is 419 g/mol. The number of para-hydroxylation sites is 1. The van der Waals surface area contributed by atoms with Crippen LogP contribution in [0.5, 0.6) is 0 Å². The van der Waals surface area contributed by atoms with Crippen LogP contribution in [0.1, 0.15) is 17.0 Å². The van der Waals surface area contributed by atoms with Crippen LogP contribution in [0.3, 0.4) is 0 Å². The quantitative estimate of drug-likeness (QED) is 0.395. The summed E-state index contributed by atoms with van der Waals surface area (Å²) in [4.78, 5) is 22.2. The zero-order valence-corrected chi connectivity index (χ0v) is 17.8. The van der Waals surface area contributed by atoms with Gasteiger partial charge in [0.1, 0.15) is 0 Å². The van der Waals surface area contributed by atoms with E-state index in [1.54, 1.807) is 24.7 Å². The Labute approximate surface area is 185 Å². The van der Waals surface area contributed by atoms with E-state index in [1.165, 1.54) is 4.68 Å². The zero-order chi connectivity index (χ0) is 22.1. The molecule has 3 aromatic heterocycles. The summed E-state index contributed by atoms with van der Waals surface area (Å²) in [5, 5.41) is 5.14. The van der Waals surface area contributed by atoms with Gasteiger partial charge < -0.3 is 4.57 Å². The maximum Gasteiger partial charge on any atom is 0.282 e. The first-order valence-corrected chi connectivity index (χ1v) is 10.3. The molecule has 0 amide bonds. The molecule has 0 atom stereocenters. The van der Waals surface area contributed by atoms with E-state index < -0.39 is 0 Å². The molecule has 0 aliphatic heterocycles. The second-order valence-electron chi connectivity index (χ2n) is 7.55. The normalized spacial score (nSPS) is 11.4. The van der Waals surface area contributed by atoms with E-state index in [2.05, 4.69) is 20.7 Å². The molecule has 0 radical (unpaired) electrons. The molecular formula is C26H21N5O. The maximum atomic E-state index is 13.3. The number of hydrogen-bond donors (Lipinski definition) is 0. The van der Waals surface area contributed by atoms with Gasteiger partial charge in [-0.15, -0.1) is 0 Å². The number of hydrogen-bond acceptors (Lipinski definition) is 4. The summed E-state index contributed by atoms with van der Waals surface area (Å²) >= 11 is 0. The average molecular weight is 419 g/mol. The Hall–Kier alpha value is -4.32. The Morgan fingerprint density at radius 2 is 1.62 bits per heavy atom. The fraction of sp³-hybridized carbons (Fsp3) is 0.0769. The van der Waals surface area contributed by atoms with Crippen LogP contribution in [-0.4, -0.2) is 25.4 Å². The first-order valence-electron chi connectivity index (χ1n) is 10.3. The SMILES string of the molecule is Cc1cc(C=Nn2c(-c3ccccc3)nc3ccccc3c2=O)c(C)n1-c1ccncc1. The average Bonchev–Trinajstić information content (AvgIpc) is 3.12. The fourth-order valence-corrected chi connectivity index (χ4v) is 3.93. The molecule has 6 heteroatoms. The second kappa shape index (κ2) is 8.07. The van der Waals surface area contributed by atoms with Gasteiger partial charge in [0.05, 0.1) is 17.1 Å². The standard InChI is InChI=1S/C26H21N5O/c1-18-16-21(19(2)30(18)22-12-14-27-15-13-22)17-28-31-25(20-8-4-3-5-9-20)29-24-11-7-6-10-23(24)26(31)32/h3-17H,1-2H3. The molecule has 5 aromatic rings. The Kier molecular flexibility index (Phi) is 4.95. The van der Waals surface area contributed by atoms with E-state index in [1.807, 2.05) is 74.5 Å². The molecular weight excluding hydrogens is 398 g/mol. The highest BCUT2D eigenvalue weighted by molar-refractivity contribution is 5.83. The minimum Gasteiger partial charge on any atom is -0.318 e. The lowest BCUT2D eigenvalue weighted by molar-refractivity contribution is 0.829. The Bertz CT molecular complexity index is 1500. The van der Waals surface area contributed by atoms with Crippen molar-refractivity contribution in [2.45, 2.75) is 13.8 Å². The van der Waals surface area contributed by atoms with Crippen LogP contribution in [0, 0.1) is 13.8 Å². The number of aromatic nitrogens is 4. The van der Waals surface area contributed by atoms with E-state index >= 15 is 0 Å². The molecule has 0 saturated carbocycles. The molecule has 6 nitrogen and oxygen atoms in total. The predicted molar refractivity (Wildman–Crippen MR) is 127 cm³/mol. The summed E-state index contributed by atoms with van der Waals surface area (Å²) < 4.78 is 3.53. The van der Waals surface area contributed by atoms with Gasteiger partial charge in [-0.3, -0.25) is 9.78 Å². The highest BCUT2D eigenvalue weighted by Crippen LogP contribution is 2.21. The molecule has 2 aromatic carbocycles. The molecule has 0 fully saturated rings. The molecule has 0 unspecified atom stereocenters. The molecule has 0 spiro atoms. The molecule has 156 valence electrons. The van der Waals surface area contributed by atoms with Gasteiger partial charge in [-0.2, -0.15) is 9.78 Å². The van der Waals surface area contributed by atoms with Gasteiger partial charge >= 0.3 is 0 Å². The summed E-state index contributed by atoms with van der Waals surface area (Å²) in [5.74, 6) is 0.508. The van der Waals surface area contributed by atoms with Crippen molar-refractivity contribution in [3.63, 3.8) is 0 Å². The van der Waals surface area contributed by atoms with Crippen molar-refractivity contribution in [3.05, 3.63) is 112 Å². The van der Waals surface area contributed by atoms with Crippen molar-refractivity contribution >= 4 is 17.1 Å². The third-order valence-electron chi connectivity index (χ3n) is 5.49. The Morgan fingerprint density at radius 1 is 0.906 bits per heavy atom. The van der Waals surface area contributed by atoms with Crippen molar-refractivity contribution in [2.24, 2.45) is 5.10 Å². The Morgan fingerprint density at radius 3 is 2.41 bits per heavy atom. The lowest BCUT2D eigenvalue weighted by Crippen LogP contribution is -2.20. The van der Waals surface area contributed by atoms with Gasteiger partial charge in [0, 0.05) is 40.6 Å². The van der Waals surface area contributed by atoms with Crippen molar-refractivity contribution in [1.29, 1.82) is 0 Å². The van der Waals surface area contributed by atoms with Gasteiger partial charge in [0.25, 0.3) is 5.56 Å². The minimum absolute atomic E-state index is 0.200. The first kappa shape index (κ1) is 19.6. The number of fused-ring (bicyclic) bond motifs is 1. The molecule has 0 aliphatic carbocycles. The number of benzene rings is 2. The van der Waals surface area contributed by atoms with E-state index in [4.69, 9.17) is 4.98 Å². The van der Waals surface area contributed by atoms with E-state index in [0.717, 1.165) is 28.2 Å². The topological polar surface area (TPSA) is 65.1 Å². The lowest BCUT2D eigenvalue weighted by atomic mass is 10.2. The van der Waals surface area contributed by atoms with Crippen molar-refractivity contribution in [3.8, 4) is 17.1 Å². The van der Waals surface area contributed by atoms with E-state index in [0.29, 0.717) is 16.7 Å². The van der Waals surface area contributed by atoms with Crippen molar-refractivity contribution in [2.75, 3.05) is 0 Å². The zero-order valence-electron chi connectivity index (χ0n) is 17.8. The minimum atomic E-state index is -0.200. The molecule has 0 aliphatic rings. The molecule has 3 heterocycles. The van der Waals surface area contributed by atoms with E-state index in [9.17, 15) is 4.79 Å². The fourth-order valence-electron chi connectivity index (χ4n) is 3.93. The molecule has 32 heavy (non-hydrogen) atoms. The molecule has 5 rings (SSSR count). The van der Waals surface area contributed by atoms with Gasteiger partial charge in [-0.1, -0.05) is 42.5 Å². The van der Waals surface area contributed by atoms with Gasteiger partial charge in [-0.25, -0.2) is 4.98 Å². The largest absolute Gasteiger partial charge is 0.318 e. The number of rotatable bonds is 4. The van der Waals surface area contributed by atoms with Crippen LogP contribution in [0.15, 0.2) is 95.1 Å². The van der Waals surface area contributed by atoms with Gasteiger partial charge in [0.2, 0.25) is 0 Å². The number of aryl methyl sites for hydroxylation is 1. The van der Waals surface area contributed by atoms with Crippen LogP contribution in [0.4, 0.5) is 0 Å². The van der Waals surface area contributed by atoms with Gasteiger partial charge in [-0.05, 0) is 44.2 Å². The van der Waals surface area contributed by atoms with Crippen LogP contribution < -0.4 is 5.56 Å². The summed E-state index contributed by atoms with van der Waals surface area (Å²) in [5.41, 5.74) is 5.34. The van der Waals surface area contributed by atoms with Crippen LogP contribution in [-0.2, 0) is 0 Å². The summed E-state index contributed by atoms with van der Waals surface area (Å²) in [6.07, 6.45) is 5.27. The number of pyridine rings is 1. The Balaban J connectivity index is 1.67. The summed E-state index contributed by atoms with van der Waals surface area (Å²) in [6, 6.07) is 23.0. The van der Waals surface area contributed by atoms with Gasteiger partial charge in [0.15, 0.2) is 5.82 Å². The third kappa shape index (κ3) is 3.41. The second-order valence-corrected chi connectivity index (χ2v) is 7.55. The summed E-state index contributed by atoms with van der Waals surface area (Å²) in [7, 11) is 0. The molecule has 0 saturated heterocycles. The highest BCUT2D eigenvalue weighted by atomic mass is 16.1. The van der Waals surface area contributed by atoms with Crippen LogP contribution in [0.25, 0.3) is 28.0 Å². The molecule has 0 N–H and O–H groups in total. The predicted octanol–water partition coefficient (Wildman–Crippen LogP) is 4.75. The third-order valence-corrected chi connectivity index (χ3v) is 5.49. The maximum absolute atomic E-state index is 13.3. The van der Waals surface area contributed by atoms with E-state index in [-0.39, 0.29) is 5.56 Å². The molecule has 0 bridgehead atoms. The van der Waals surface area contributed by atoms with Crippen molar-refractivity contribution < 1.29 is 0 Å². The smallest absolute Gasteiger partial charge is 0.282 e. The van der Waals surface area contributed by atoms with Crippen LogP contribution in [0.2, 0.25) is 0 Å².